The predicted molar refractivity (Wildman–Crippen MR) is 131 cm³/mol. The van der Waals surface area contributed by atoms with Crippen molar-refractivity contribution in [2.75, 3.05) is 0 Å². The van der Waals surface area contributed by atoms with Gasteiger partial charge in [0, 0.05) is 12.1 Å². The zero-order chi connectivity index (χ0) is 21.5. The molecular weight excluding hydrogens is 378 g/mol. The van der Waals surface area contributed by atoms with E-state index in [4.69, 9.17) is 4.98 Å². The standard InChI is InChI=1S/C28H45N3/c1-22-11-6-3-4-8-15-25(16-10-13-22)28-27-19-26(20-31(27)30-21-29-28)24-14-9-5-7-12-23(2)17-18-24/h19-25H,3-18H2,1-2H3. The lowest BCUT2D eigenvalue weighted by Gasteiger charge is -2.18. The van der Waals surface area contributed by atoms with Crippen molar-refractivity contribution in [1.29, 1.82) is 0 Å². The summed E-state index contributed by atoms with van der Waals surface area (Å²) in [5.74, 6) is 3.06. The number of aromatic nitrogens is 3. The number of fused-ring (bicyclic) bond motifs is 1. The van der Waals surface area contributed by atoms with Crippen LogP contribution in [0.4, 0.5) is 0 Å². The Labute approximate surface area is 190 Å². The Morgan fingerprint density at radius 2 is 1.29 bits per heavy atom. The van der Waals surface area contributed by atoms with Gasteiger partial charge in [0.1, 0.15) is 6.33 Å². The molecule has 2 fully saturated rings. The lowest BCUT2D eigenvalue weighted by Crippen LogP contribution is -2.06. The molecule has 0 N–H and O–H groups in total. The lowest BCUT2D eigenvalue weighted by atomic mass is 9.88. The molecule has 0 amide bonds. The minimum absolute atomic E-state index is 0.596. The molecule has 2 saturated carbocycles. The predicted octanol–water partition coefficient (Wildman–Crippen LogP) is 8.44. The first-order valence-corrected chi connectivity index (χ1v) is 13.5. The fraction of sp³-hybridized carbons (Fsp3) is 0.786. The zero-order valence-corrected chi connectivity index (χ0v) is 20.2. The highest BCUT2D eigenvalue weighted by Crippen LogP contribution is 2.36. The molecule has 2 aromatic heterocycles. The van der Waals surface area contributed by atoms with Crippen LogP contribution in [0.3, 0.4) is 0 Å². The van der Waals surface area contributed by atoms with Gasteiger partial charge in [-0.1, -0.05) is 90.9 Å². The molecule has 2 heterocycles. The van der Waals surface area contributed by atoms with Gasteiger partial charge in [0.15, 0.2) is 0 Å². The second-order valence-corrected chi connectivity index (χ2v) is 11.0. The summed E-state index contributed by atoms with van der Waals surface area (Å²) in [6.45, 7) is 4.90. The van der Waals surface area contributed by atoms with Gasteiger partial charge in [-0.25, -0.2) is 9.50 Å². The van der Waals surface area contributed by atoms with Crippen molar-refractivity contribution < 1.29 is 0 Å². The van der Waals surface area contributed by atoms with Crippen molar-refractivity contribution in [1.82, 2.24) is 14.6 Å². The quantitative estimate of drug-likeness (QED) is 0.485. The Morgan fingerprint density at radius 1 is 0.677 bits per heavy atom. The largest absolute Gasteiger partial charge is 0.237 e. The third-order valence-electron chi connectivity index (χ3n) is 8.32. The van der Waals surface area contributed by atoms with Crippen LogP contribution >= 0.6 is 0 Å². The zero-order valence-electron chi connectivity index (χ0n) is 20.2. The van der Waals surface area contributed by atoms with Gasteiger partial charge in [-0.05, 0) is 55.1 Å². The van der Waals surface area contributed by atoms with E-state index in [1.165, 1.54) is 120 Å². The van der Waals surface area contributed by atoms with E-state index in [1.807, 2.05) is 6.33 Å². The van der Waals surface area contributed by atoms with Gasteiger partial charge in [-0.3, -0.25) is 0 Å². The first-order chi connectivity index (χ1) is 15.2. The average molecular weight is 424 g/mol. The molecule has 0 aliphatic heterocycles. The second kappa shape index (κ2) is 11.5. The maximum absolute atomic E-state index is 4.89. The van der Waals surface area contributed by atoms with Crippen LogP contribution in [-0.2, 0) is 0 Å². The van der Waals surface area contributed by atoms with Gasteiger partial charge < -0.3 is 0 Å². The SMILES string of the molecule is CC1CCCCCCC(c2ncnn3cc(C4CCCCCC(C)CC4)cc23)CCC1. The van der Waals surface area contributed by atoms with Crippen LogP contribution in [0.25, 0.3) is 5.52 Å². The molecule has 2 aliphatic rings. The molecule has 0 radical (unpaired) electrons. The Hall–Kier alpha value is -1.38. The highest BCUT2D eigenvalue weighted by molar-refractivity contribution is 5.55. The summed E-state index contributed by atoms with van der Waals surface area (Å²) >= 11 is 0. The van der Waals surface area contributed by atoms with Crippen LogP contribution in [0.2, 0.25) is 0 Å². The lowest BCUT2D eigenvalue weighted by molar-refractivity contribution is 0.437. The highest BCUT2D eigenvalue weighted by atomic mass is 15.2. The molecule has 4 unspecified atom stereocenters. The number of hydrogen-bond donors (Lipinski definition) is 0. The van der Waals surface area contributed by atoms with Gasteiger partial charge in [0.05, 0.1) is 11.2 Å². The first-order valence-electron chi connectivity index (χ1n) is 13.5. The monoisotopic (exact) mass is 423 g/mol. The number of nitrogens with zero attached hydrogens (tertiary/aromatic N) is 3. The van der Waals surface area contributed by atoms with E-state index in [0.29, 0.717) is 11.8 Å². The Kier molecular flexibility index (Phi) is 8.44. The van der Waals surface area contributed by atoms with Crippen molar-refractivity contribution in [3.05, 3.63) is 29.8 Å². The number of hydrogen-bond acceptors (Lipinski definition) is 2. The van der Waals surface area contributed by atoms with Crippen LogP contribution in [0.1, 0.15) is 140 Å². The van der Waals surface area contributed by atoms with Crippen LogP contribution in [0.15, 0.2) is 18.6 Å². The van der Waals surface area contributed by atoms with Crippen molar-refractivity contribution in [2.45, 2.75) is 128 Å². The summed E-state index contributed by atoms with van der Waals surface area (Å²) < 4.78 is 2.15. The van der Waals surface area contributed by atoms with Crippen LogP contribution in [0, 0.1) is 11.8 Å². The van der Waals surface area contributed by atoms with E-state index in [9.17, 15) is 0 Å². The number of rotatable bonds is 2. The summed E-state index contributed by atoms with van der Waals surface area (Å²) in [6.07, 6.45) is 26.1. The van der Waals surface area contributed by atoms with Crippen molar-refractivity contribution in [3.8, 4) is 0 Å². The molecule has 2 aromatic rings. The highest BCUT2D eigenvalue weighted by Gasteiger charge is 2.22. The van der Waals surface area contributed by atoms with E-state index in [-0.39, 0.29) is 0 Å². The molecule has 2 aliphatic carbocycles. The Morgan fingerprint density at radius 3 is 2.10 bits per heavy atom. The topological polar surface area (TPSA) is 30.2 Å². The van der Waals surface area contributed by atoms with E-state index in [1.54, 1.807) is 0 Å². The third-order valence-corrected chi connectivity index (χ3v) is 8.32. The summed E-state index contributed by atoms with van der Waals surface area (Å²) in [7, 11) is 0. The Bertz CT molecular complexity index is 795. The molecule has 172 valence electrons. The van der Waals surface area contributed by atoms with Gasteiger partial charge in [-0.15, -0.1) is 0 Å². The van der Waals surface area contributed by atoms with E-state index in [2.05, 4.69) is 35.7 Å². The molecule has 0 spiro atoms. The molecule has 0 aromatic carbocycles. The molecule has 0 bridgehead atoms. The third kappa shape index (κ3) is 6.33. The average Bonchev–Trinajstić information content (AvgIpc) is 3.22. The van der Waals surface area contributed by atoms with Gasteiger partial charge in [-0.2, -0.15) is 5.10 Å². The van der Waals surface area contributed by atoms with Gasteiger partial charge in [0.25, 0.3) is 0 Å². The molecule has 4 rings (SSSR count). The van der Waals surface area contributed by atoms with Crippen LogP contribution in [0.5, 0.6) is 0 Å². The fourth-order valence-electron chi connectivity index (χ4n) is 6.19. The summed E-state index contributed by atoms with van der Waals surface area (Å²) in [5.41, 5.74) is 4.13. The molecule has 3 heteroatoms. The van der Waals surface area contributed by atoms with Gasteiger partial charge >= 0.3 is 0 Å². The molecule has 31 heavy (non-hydrogen) atoms. The second-order valence-electron chi connectivity index (χ2n) is 11.0. The molecular formula is C28H45N3. The van der Waals surface area contributed by atoms with E-state index in [0.717, 1.165) is 11.8 Å². The minimum atomic E-state index is 0.596. The van der Waals surface area contributed by atoms with Crippen LogP contribution in [-0.4, -0.2) is 14.6 Å². The Balaban J connectivity index is 1.55. The maximum Gasteiger partial charge on any atom is 0.136 e. The molecule has 3 nitrogen and oxygen atoms in total. The molecule has 4 atom stereocenters. The summed E-state index contributed by atoms with van der Waals surface area (Å²) in [5, 5.41) is 4.64. The normalized spacial score (nSPS) is 30.1. The summed E-state index contributed by atoms with van der Waals surface area (Å²) in [6, 6.07) is 2.47. The van der Waals surface area contributed by atoms with E-state index >= 15 is 0 Å². The molecule has 0 saturated heterocycles. The van der Waals surface area contributed by atoms with Crippen molar-refractivity contribution in [3.63, 3.8) is 0 Å². The van der Waals surface area contributed by atoms with Crippen LogP contribution < -0.4 is 0 Å². The minimum Gasteiger partial charge on any atom is -0.237 e. The summed E-state index contributed by atoms with van der Waals surface area (Å²) in [4.78, 5) is 4.89. The maximum atomic E-state index is 4.89. The fourth-order valence-corrected chi connectivity index (χ4v) is 6.19. The van der Waals surface area contributed by atoms with Crippen molar-refractivity contribution >= 4 is 5.52 Å². The van der Waals surface area contributed by atoms with Crippen molar-refractivity contribution in [2.24, 2.45) is 11.8 Å². The smallest absolute Gasteiger partial charge is 0.136 e. The first kappa shape index (κ1) is 22.8. The van der Waals surface area contributed by atoms with E-state index < -0.39 is 0 Å². The van der Waals surface area contributed by atoms with Gasteiger partial charge in [0.2, 0.25) is 0 Å².